The fraction of sp³-hybridized carbons (Fsp3) is 0.524. The van der Waals surface area contributed by atoms with E-state index in [4.69, 9.17) is 79.0 Å². The molecule has 6 rings (SSSR count). The summed E-state index contributed by atoms with van der Waals surface area (Å²) in [7, 11) is 0. The molecule has 244 valence electrons. The van der Waals surface area contributed by atoms with E-state index >= 15 is 0 Å². The van der Waals surface area contributed by atoms with Gasteiger partial charge >= 0.3 is 0 Å². The monoisotopic (exact) mass is 736 g/mol. The van der Waals surface area contributed by atoms with E-state index in [0.29, 0.717) is 22.3 Å². The van der Waals surface area contributed by atoms with E-state index in [1.165, 1.54) is 34.4 Å². The maximum atomic E-state index is 10.7. The molecule has 0 unspecified atom stereocenters. The molecule has 0 amide bonds. The standard InChI is InChI=1S/C21H28N10O8P2S4/c22-16-10-18(26-3-24-16)30(5-28-10)20-14(34)12(32)8(38-20)1-36-40(42,43)7-41(44,45)37-2-9-13(33)15(35)21(39-9)31-6-29-11-17(23)25-4-27-19(11)31/h3-6,8-9,12-15,20-21,32-35H,1-2,7H2,(H,42,43)(H,44,45)(H2,22,24,26)(H2,23,25,27)/p-2/t8-,9-,12-,13-,14-,15-,20-,21-/m1/s1. The SMILES string of the molecule is Nc1ncnc2c1ncn2[C@@H]1O[C@H](CO[P+]([S-])([S-])C[P+]([S-])([S-])OC[C@H]2O[C@@H](n3cnc4c(N)ncnc43)[C@H](O)[C@@H]2O)[C@@H](O)[C@H]1O. The van der Waals surface area contributed by atoms with Gasteiger partial charge in [-0.25, -0.2) is 29.9 Å². The Labute approximate surface area is 276 Å². The minimum absolute atomic E-state index is 0.121. The molecule has 2 aliphatic heterocycles. The van der Waals surface area contributed by atoms with Crippen molar-refractivity contribution in [2.45, 2.75) is 49.1 Å². The summed E-state index contributed by atoms with van der Waals surface area (Å²) >= 11 is 22.1. The third-order valence-electron chi connectivity index (χ3n) is 7.21. The number of hydrogen-bond donors (Lipinski definition) is 6. The first-order chi connectivity index (χ1) is 21.3. The average Bonchev–Trinajstić information content (AvgIpc) is 3.73. The number of imidazole rings is 2. The molecule has 8 N–H and O–H groups in total. The Balaban J connectivity index is 1.04. The number of aliphatic hydroxyl groups excluding tert-OH is 4. The predicted molar refractivity (Wildman–Crippen MR) is 171 cm³/mol. The molecule has 2 saturated heterocycles. The van der Waals surface area contributed by atoms with Crippen molar-refractivity contribution in [3.63, 3.8) is 0 Å². The highest BCUT2D eigenvalue weighted by Gasteiger charge is 2.46. The summed E-state index contributed by atoms with van der Waals surface area (Å²) in [6.07, 6.45) is -4.29. The van der Waals surface area contributed by atoms with Gasteiger partial charge in [-0.2, -0.15) is 0 Å². The molecule has 0 aliphatic carbocycles. The Bertz CT molecular complexity index is 1570. The van der Waals surface area contributed by atoms with E-state index in [1.807, 2.05) is 0 Å². The maximum absolute atomic E-state index is 10.7. The van der Waals surface area contributed by atoms with Crippen LogP contribution in [0.3, 0.4) is 0 Å². The van der Waals surface area contributed by atoms with Gasteiger partial charge in [-0.3, -0.25) is 18.2 Å². The molecule has 0 saturated carbocycles. The zero-order valence-electron chi connectivity index (χ0n) is 22.7. The molecule has 8 atom stereocenters. The molecule has 0 spiro atoms. The van der Waals surface area contributed by atoms with Gasteiger partial charge in [0, 0.05) is 0 Å². The van der Waals surface area contributed by atoms with E-state index < -0.39 is 60.9 Å². The van der Waals surface area contributed by atoms with Crippen molar-refractivity contribution in [1.29, 1.82) is 0 Å². The highest BCUT2D eigenvalue weighted by atomic mass is 33.1. The highest BCUT2D eigenvalue weighted by molar-refractivity contribution is 8.79. The summed E-state index contributed by atoms with van der Waals surface area (Å²) in [5.41, 5.74) is 12.9. The third kappa shape index (κ3) is 6.68. The smallest absolute Gasteiger partial charge is 0.167 e. The van der Waals surface area contributed by atoms with Crippen molar-refractivity contribution in [2.24, 2.45) is 0 Å². The molecule has 0 aromatic carbocycles. The fourth-order valence-corrected chi connectivity index (χ4v) is 17.3. The first-order valence-corrected chi connectivity index (χ1v) is 20.9. The summed E-state index contributed by atoms with van der Waals surface area (Å²) in [6, 6.07) is 0. The van der Waals surface area contributed by atoms with Crippen LogP contribution in [0, 0.1) is 0 Å². The second kappa shape index (κ2) is 12.9. The molecule has 2 fully saturated rings. The number of anilines is 2. The number of ether oxygens (including phenoxy) is 2. The van der Waals surface area contributed by atoms with Crippen LogP contribution in [0.5, 0.6) is 0 Å². The summed E-state index contributed by atoms with van der Waals surface area (Å²) in [5.74, 6) is -6.02. The Hall–Kier alpha value is -1.36. The van der Waals surface area contributed by atoms with Crippen LogP contribution in [0.2, 0.25) is 0 Å². The second-order valence-corrected chi connectivity index (χ2v) is 22.8. The molecule has 0 bridgehead atoms. The van der Waals surface area contributed by atoms with Crippen molar-refractivity contribution in [3.8, 4) is 0 Å². The molecule has 4 aromatic rings. The molecule has 0 radical (unpaired) electrons. The van der Waals surface area contributed by atoms with E-state index in [9.17, 15) is 20.4 Å². The molecule has 6 heterocycles. The van der Waals surface area contributed by atoms with E-state index in [2.05, 4.69) is 29.9 Å². The van der Waals surface area contributed by atoms with Gasteiger partial charge in [-0.05, 0) is 0 Å². The number of hydrogen-bond acceptors (Lipinski definition) is 20. The number of nitrogens with zero attached hydrogens (tertiary/aromatic N) is 8. The van der Waals surface area contributed by atoms with Crippen molar-refractivity contribution >= 4 is 94.7 Å². The van der Waals surface area contributed by atoms with Crippen molar-refractivity contribution < 1.29 is 38.9 Å². The first kappa shape index (κ1) is 33.5. The minimum atomic E-state index is -3.10. The number of fused-ring (bicyclic) bond motifs is 2. The third-order valence-corrected chi connectivity index (χ3v) is 16.5. The number of rotatable bonds is 10. The second-order valence-electron chi connectivity index (χ2n) is 10.2. The van der Waals surface area contributed by atoms with Crippen LogP contribution in [-0.4, -0.2) is 115 Å². The van der Waals surface area contributed by atoms with E-state index in [0.717, 1.165) is 0 Å². The molecule has 45 heavy (non-hydrogen) atoms. The zero-order chi connectivity index (χ0) is 32.3. The Morgan fingerprint density at radius 3 is 1.47 bits per heavy atom. The predicted octanol–water partition coefficient (Wildman–Crippen LogP) is -1.23. The molecule has 4 aromatic heterocycles. The topological polar surface area (TPSA) is 257 Å². The zero-order valence-corrected chi connectivity index (χ0v) is 27.8. The Kier molecular flexibility index (Phi) is 9.63. The lowest BCUT2D eigenvalue weighted by atomic mass is 10.1. The van der Waals surface area contributed by atoms with Gasteiger partial charge in [0.05, 0.1) is 12.7 Å². The van der Waals surface area contributed by atoms with E-state index in [-0.39, 0.29) is 30.8 Å². The van der Waals surface area contributed by atoms with Gasteiger partial charge in [0.2, 0.25) is 0 Å². The van der Waals surface area contributed by atoms with Crippen LogP contribution in [0.1, 0.15) is 12.5 Å². The van der Waals surface area contributed by atoms with Gasteiger partial charge in [0.25, 0.3) is 0 Å². The molecular weight excluding hydrogens is 711 g/mol. The van der Waals surface area contributed by atoms with Crippen LogP contribution in [-0.2, 0) is 67.5 Å². The summed E-state index contributed by atoms with van der Waals surface area (Å²) < 4.78 is 26.2. The summed E-state index contributed by atoms with van der Waals surface area (Å²) in [5, 5.41) is 42.7. The first-order valence-electron chi connectivity index (χ1n) is 13.0. The van der Waals surface area contributed by atoms with Crippen molar-refractivity contribution in [3.05, 3.63) is 25.3 Å². The number of nitrogens with two attached hydrogens (primary N) is 2. The van der Waals surface area contributed by atoms with Crippen LogP contribution < -0.4 is 11.5 Å². The average molecular weight is 737 g/mol. The van der Waals surface area contributed by atoms with Crippen LogP contribution in [0.15, 0.2) is 25.3 Å². The fourth-order valence-electron chi connectivity index (χ4n) is 4.97. The van der Waals surface area contributed by atoms with Crippen molar-refractivity contribution in [1.82, 2.24) is 39.0 Å². The van der Waals surface area contributed by atoms with Crippen molar-refractivity contribution in [2.75, 3.05) is 30.6 Å². The van der Waals surface area contributed by atoms with Gasteiger partial charge in [0.15, 0.2) is 35.4 Å². The lowest BCUT2D eigenvalue weighted by Gasteiger charge is -2.47. The molecular formula is C21H26N10O8P2S4-2. The quantitative estimate of drug-likeness (QED) is 0.0823. The maximum Gasteiger partial charge on any atom is 0.167 e. The normalized spacial score (nSPS) is 29.3. The largest absolute Gasteiger partial charge is 0.544 e. The molecule has 18 nitrogen and oxygen atoms in total. The van der Waals surface area contributed by atoms with E-state index in [1.54, 1.807) is 0 Å². The van der Waals surface area contributed by atoms with Crippen LogP contribution in [0.4, 0.5) is 11.6 Å². The van der Waals surface area contributed by atoms with Crippen LogP contribution in [0.25, 0.3) is 22.3 Å². The van der Waals surface area contributed by atoms with Gasteiger partial charge in [0.1, 0.15) is 79.4 Å². The van der Waals surface area contributed by atoms with Gasteiger partial charge in [-0.15, -0.1) is 0 Å². The summed E-state index contributed by atoms with van der Waals surface area (Å²) in [4.78, 5) is 24.3. The summed E-state index contributed by atoms with van der Waals surface area (Å²) in [6.45, 7) is -0.510. The number of aromatic nitrogens is 8. The highest BCUT2D eigenvalue weighted by Crippen LogP contribution is 2.72. The molecule has 2 aliphatic rings. The molecule has 24 heteroatoms. The Morgan fingerprint density at radius 2 is 1.07 bits per heavy atom. The lowest BCUT2D eigenvalue weighted by Crippen LogP contribution is -2.34. The van der Waals surface area contributed by atoms with Gasteiger partial charge in [-0.1, -0.05) is 11.8 Å². The lowest BCUT2D eigenvalue weighted by molar-refractivity contribution is -0.0464. The number of nitrogen functional groups attached to an aromatic ring is 2. The Morgan fingerprint density at radius 1 is 0.667 bits per heavy atom. The number of aliphatic hydroxyl groups is 4. The van der Waals surface area contributed by atoms with Crippen LogP contribution >= 0.6 is 11.8 Å². The minimum Gasteiger partial charge on any atom is -0.544 e. The van der Waals surface area contributed by atoms with Gasteiger partial charge < -0.3 is 90.4 Å².